The van der Waals surface area contributed by atoms with Gasteiger partial charge in [0.2, 0.25) is 0 Å². The Morgan fingerprint density at radius 1 is 1.07 bits per heavy atom. The van der Waals surface area contributed by atoms with Crippen molar-refractivity contribution in [2.75, 3.05) is 13.1 Å². The van der Waals surface area contributed by atoms with Crippen LogP contribution in [-0.2, 0) is 0 Å². The Kier molecular flexibility index (Phi) is 5.12. The van der Waals surface area contributed by atoms with Crippen molar-refractivity contribution in [3.05, 3.63) is 55.6 Å². The zero-order valence-electron chi connectivity index (χ0n) is 8.23. The van der Waals surface area contributed by atoms with E-state index in [0.717, 1.165) is 13.1 Å². The predicted molar refractivity (Wildman–Crippen MR) is 64.3 cm³/mol. The van der Waals surface area contributed by atoms with Crippen molar-refractivity contribution >= 4 is 11.9 Å². The maximum absolute atomic E-state index is 3.74. The molecule has 0 amide bonds. The fourth-order valence-electron chi connectivity index (χ4n) is 1.07. The SMILES string of the molecule is C=CCN(CC=C)Sc1ccccc1. The van der Waals surface area contributed by atoms with E-state index in [1.807, 2.05) is 30.4 Å². The van der Waals surface area contributed by atoms with Crippen molar-refractivity contribution in [3.63, 3.8) is 0 Å². The third-order valence-corrected chi connectivity index (χ3v) is 2.68. The van der Waals surface area contributed by atoms with Crippen LogP contribution in [0.3, 0.4) is 0 Å². The molecular formula is C12H15NS. The summed E-state index contributed by atoms with van der Waals surface area (Å²) < 4.78 is 2.20. The topological polar surface area (TPSA) is 3.24 Å². The number of hydrogen-bond donors (Lipinski definition) is 0. The molecule has 0 bridgehead atoms. The first kappa shape index (κ1) is 11.1. The third-order valence-electron chi connectivity index (χ3n) is 1.64. The molecule has 0 aliphatic heterocycles. The molecule has 1 rings (SSSR count). The van der Waals surface area contributed by atoms with E-state index >= 15 is 0 Å². The molecule has 0 atom stereocenters. The number of rotatable bonds is 6. The molecule has 0 aromatic heterocycles. The lowest BCUT2D eigenvalue weighted by Crippen LogP contribution is -2.14. The summed E-state index contributed by atoms with van der Waals surface area (Å²) in [5.74, 6) is 0. The van der Waals surface area contributed by atoms with Crippen molar-refractivity contribution in [1.29, 1.82) is 0 Å². The molecule has 1 aromatic carbocycles. The molecular weight excluding hydrogens is 190 g/mol. The highest BCUT2D eigenvalue weighted by Crippen LogP contribution is 2.21. The minimum absolute atomic E-state index is 0.867. The van der Waals surface area contributed by atoms with Crippen LogP contribution in [0.5, 0.6) is 0 Å². The summed E-state index contributed by atoms with van der Waals surface area (Å²) in [6.45, 7) is 9.20. The van der Waals surface area contributed by atoms with Gasteiger partial charge in [-0.25, -0.2) is 4.31 Å². The van der Waals surface area contributed by atoms with E-state index in [9.17, 15) is 0 Å². The zero-order valence-corrected chi connectivity index (χ0v) is 9.04. The molecule has 0 aliphatic rings. The van der Waals surface area contributed by atoms with Gasteiger partial charge in [0.15, 0.2) is 0 Å². The van der Waals surface area contributed by atoms with Gasteiger partial charge >= 0.3 is 0 Å². The summed E-state index contributed by atoms with van der Waals surface area (Å²) >= 11 is 1.73. The summed E-state index contributed by atoms with van der Waals surface area (Å²) in [5, 5.41) is 0. The Labute approximate surface area is 90.3 Å². The van der Waals surface area contributed by atoms with Gasteiger partial charge in [-0.3, -0.25) is 0 Å². The highest BCUT2D eigenvalue weighted by atomic mass is 32.2. The molecule has 1 aromatic rings. The van der Waals surface area contributed by atoms with Gasteiger partial charge < -0.3 is 0 Å². The van der Waals surface area contributed by atoms with Crippen LogP contribution in [0.15, 0.2) is 60.5 Å². The zero-order chi connectivity index (χ0) is 10.2. The van der Waals surface area contributed by atoms with Gasteiger partial charge in [0, 0.05) is 18.0 Å². The standard InChI is InChI=1S/C12H15NS/c1-3-10-13(11-4-2)14-12-8-6-5-7-9-12/h3-9H,1-2,10-11H2. The largest absolute Gasteiger partial charge is 0.239 e. The highest BCUT2D eigenvalue weighted by Gasteiger charge is 2.01. The summed E-state index contributed by atoms with van der Waals surface area (Å²) in [5.41, 5.74) is 0. The van der Waals surface area contributed by atoms with Gasteiger partial charge in [-0.2, -0.15) is 0 Å². The molecule has 14 heavy (non-hydrogen) atoms. The van der Waals surface area contributed by atoms with Crippen molar-refractivity contribution in [1.82, 2.24) is 4.31 Å². The van der Waals surface area contributed by atoms with Crippen molar-refractivity contribution < 1.29 is 0 Å². The average Bonchev–Trinajstić information content (AvgIpc) is 2.20. The van der Waals surface area contributed by atoms with Crippen LogP contribution in [0.4, 0.5) is 0 Å². The first-order valence-electron chi connectivity index (χ1n) is 4.56. The minimum Gasteiger partial charge on any atom is -0.239 e. The Bertz CT molecular complexity index is 272. The van der Waals surface area contributed by atoms with Crippen molar-refractivity contribution in [2.45, 2.75) is 4.90 Å². The monoisotopic (exact) mass is 205 g/mol. The Balaban J connectivity index is 2.54. The van der Waals surface area contributed by atoms with Gasteiger partial charge in [0.1, 0.15) is 0 Å². The van der Waals surface area contributed by atoms with E-state index in [0.29, 0.717) is 0 Å². The molecule has 0 saturated heterocycles. The molecule has 2 heteroatoms. The van der Waals surface area contributed by atoms with E-state index in [4.69, 9.17) is 0 Å². The van der Waals surface area contributed by atoms with E-state index in [1.54, 1.807) is 11.9 Å². The molecule has 74 valence electrons. The lowest BCUT2D eigenvalue weighted by Gasteiger charge is -2.16. The molecule has 1 nitrogen and oxygen atoms in total. The molecule has 0 saturated carbocycles. The van der Waals surface area contributed by atoms with Gasteiger partial charge in [0.25, 0.3) is 0 Å². The fraction of sp³-hybridized carbons (Fsp3) is 0.167. The van der Waals surface area contributed by atoms with E-state index in [-0.39, 0.29) is 0 Å². The van der Waals surface area contributed by atoms with Crippen molar-refractivity contribution in [2.24, 2.45) is 0 Å². The highest BCUT2D eigenvalue weighted by molar-refractivity contribution is 7.97. The molecule has 0 N–H and O–H groups in total. The van der Waals surface area contributed by atoms with Crippen LogP contribution < -0.4 is 0 Å². The molecule has 0 aliphatic carbocycles. The molecule has 0 heterocycles. The third kappa shape index (κ3) is 3.81. The smallest absolute Gasteiger partial charge is 0.0274 e. The summed E-state index contributed by atoms with van der Waals surface area (Å²) in [7, 11) is 0. The Hall–Kier alpha value is -0.990. The Morgan fingerprint density at radius 2 is 1.64 bits per heavy atom. The second-order valence-corrected chi connectivity index (χ2v) is 4.00. The van der Waals surface area contributed by atoms with Gasteiger partial charge in [-0.1, -0.05) is 30.4 Å². The maximum atomic E-state index is 3.74. The van der Waals surface area contributed by atoms with Crippen LogP contribution in [-0.4, -0.2) is 17.4 Å². The lowest BCUT2D eigenvalue weighted by atomic mass is 10.4. The van der Waals surface area contributed by atoms with Crippen LogP contribution in [0.1, 0.15) is 0 Å². The van der Waals surface area contributed by atoms with E-state index in [1.165, 1.54) is 4.90 Å². The van der Waals surface area contributed by atoms with Crippen molar-refractivity contribution in [3.8, 4) is 0 Å². The molecule has 0 fully saturated rings. The second-order valence-electron chi connectivity index (χ2n) is 2.83. The quantitative estimate of drug-likeness (QED) is 0.517. The molecule has 0 radical (unpaired) electrons. The summed E-state index contributed by atoms with van der Waals surface area (Å²) in [4.78, 5) is 1.25. The first-order valence-corrected chi connectivity index (χ1v) is 5.34. The van der Waals surface area contributed by atoms with Crippen LogP contribution in [0.2, 0.25) is 0 Å². The van der Waals surface area contributed by atoms with Crippen LogP contribution in [0, 0.1) is 0 Å². The number of benzene rings is 1. The molecule has 0 spiro atoms. The predicted octanol–water partition coefficient (Wildman–Crippen LogP) is 3.37. The second kappa shape index (κ2) is 6.46. The number of hydrogen-bond acceptors (Lipinski definition) is 2. The van der Waals surface area contributed by atoms with Crippen LogP contribution in [0.25, 0.3) is 0 Å². The number of nitrogens with zero attached hydrogens (tertiary/aromatic N) is 1. The molecule has 0 unspecified atom stereocenters. The maximum Gasteiger partial charge on any atom is 0.0274 e. The minimum atomic E-state index is 0.867. The van der Waals surface area contributed by atoms with Gasteiger partial charge in [0.05, 0.1) is 0 Å². The van der Waals surface area contributed by atoms with E-state index < -0.39 is 0 Å². The van der Waals surface area contributed by atoms with E-state index in [2.05, 4.69) is 29.6 Å². The summed E-state index contributed by atoms with van der Waals surface area (Å²) in [6, 6.07) is 10.3. The normalized spacial score (nSPS) is 10.1. The average molecular weight is 205 g/mol. The lowest BCUT2D eigenvalue weighted by molar-refractivity contribution is 0.579. The van der Waals surface area contributed by atoms with Crippen LogP contribution >= 0.6 is 11.9 Å². The van der Waals surface area contributed by atoms with Gasteiger partial charge in [-0.15, -0.1) is 13.2 Å². The summed E-state index contributed by atoms with van der Waals surface area (Å²) in [6.07, 6.45) is 3.80. The first-order chi connectivity index (χ1) is 6.86. The Morgan fingerprint density at radius 3 is 2.14 bits per heavy atom. The fourth-order valence-corrected chi connectivity index (χ4v) is 2.00. The van der Waals surface area contributed by atoms with Gasteiger partial charge in [-0.05, 0) is 24.1 Å².